The van der Waals surface area contributed by atoms with Crippen molar-refractivity contribution in [3.8, 4) is 0 Å². The van der Waals surface area contributed by atoms with Crippen molar-refractivity contribution in [3.05, 3.63) is 34.9 Å². The van der Waals surface area contributed by atoms with E-state index in [1.807, 2.05) is 5.32 Å². The number of amides is 3. The lowest BCUT2D eigenvalue weighted by Crippen LogP contribution is -2.42. The van der Waals surface area contributed by atoms with Gasteiger partial charge in [-0.25, -0.2) is 9.59 Å². The highest BCUT2D eigenvalue weighted by molar-refractivity contribution is 6.30. The van der Waals surface area contributed by atoms with Crippen molar-refractivity contribution in [1.82, 2.24) is 5.32 Å². The summed E-state index contributed by atoms with van der Waals surface area (Å²) >= 11 is 5.71. The Labute approximate surface area is 108 Å². The van der Waals surface area contributed by atoms with Gasteiger partial charge in [0.2, 0.25) is 0 Å². The Morgan fingerprint density at radius 3 is 2.61 bits per heavy atom. The fourth-order valence-corrected chi connectivity index (χ4v) is 1.31. The van der Waals surface area contributed by atoms with Crippen LogP contribution in [0.15, 0.2) is 24.3 Å². The van der Waals surface area contributed by atoms with Crippen molar-refractivity contribution in [2.45, 2.75) is 13.0 Å². The number of rotatable bonds is 3. The summed E-state index contributed by atoms with van der Waals surface area (Å²) in [6.45, 7) is 1.32. The third-order valence-electron chi connectivity index (χ3n) is 1.96. The van der Waals surface area contributed by atoms with Crippen LogP contribution in [0.4, 0.5) is 4.79 Å². The Morgan fingerprint density at radius 1 is 1.39 bits per heavy atom. The fourth-order valence-electron chi connectivity index (χ4n) is 1.12. The Balaban J connectivity index is 2.65. The van der Waals surface area contributed by atoms with Gasteiger partial charge in [0.1, 0.15) is 0 Å². The molecule has 3 N–H and O–H groups in total. The zero-order valence-electron chi connectivity index (χ0n) is 9.48. The van der Waals surface area contributed by atoms with E-state index in [4.69, 9.17) is 22.1 Å². The number of primary amides is 1. The first-order chi connectivity index (χ1) is 8.40. The Kier molecular flexibility index (Phi) is 4.67. The number of ether oxygens (including phenoxy) is 1. The normalized spacial score (nSPS) is 11.4. The molecule has 6 nitrogen and oxygen atoms in total. The van der Waals surface area contributed by atoms with Gasteiger partial charge in [0.25, 0.3) is 5.91 Å². The van der Waals surface area contributed by atoms with Crippen LogP contribution >= 0.6 is 11.6 Å². The Morgan fingerprint density at radius 2 is 2.06 bits per heavy atom. The van der Waals surface area contributed by atoms with Crippen LogP contribution in [0.3, 0.4) is 0 Å². The van der Waals surface area contributed by atoms with Gasteiger partial charge in [-0.2, -0.15) is 0 Å². The highest BCUT2D eigenvalue weighted by Crippen LogP contribution is 2.12. The number of carbonyl (C=O) groups excluding carboxylic acids is 3. The molecule has 0 radical (unpaired) electrons. The van der Waals surface area contributed by atoms with Crippen LogP contribution in [0.5, 0.6) is 0 Å². The van der Waals surface area contributed by atoms with Crippen LogP contribution in [-0.4, -0.2) is 24.0 Å². The average molecular weight is 271 g/mol. The van der Waals surface area contributed by atoms with Gasteiger partial charge < -0.3 is 10.5 Å². The smallest absolute Gasteiger partial charge is 0.338 e. The second kappa shape index (κ2) is 6.02. The molecule has 0 heterocycles. The number of nitrogens with one attached hydrogen (secondary N) is 1. The van der Waals surface area contributed by atoms with E-state index in [0.29, 0.717) is 5.02 Å². The number of imide groups is 1. The van der Waals surface area contributed by atoms with Crippen LogP contribution in [-0.2, 0) is 9.53 Å². The van der Waals surface area contributed by atoms with Gasteiger partial charge in [0.05, 0.1) is 5.56 Å². The number of benzene rings is 1. The highest BCUT2D eigenvalue weighted by atomic mass is 35.5. The first-order valence-corrected chi connectivity index (χ1v) is 5.35. The van der Waals surface area contributed by atoms with Gasteiger partial charge in [-0.3, -0.25) is 10.1 Å². The molecule has 0 fully saturated rings. The molecule has 96 valence electrons. The van der Waals surface area contributed by atoms with Crippen molar-refractivity contribution in [3.63, 3.8) is 0 Å². The molecule has 1 unspecified atom stereocenters. The molecule has 7 heteroatoms. The lowest BCUT2D eigenvalue weighted by Gasteiger charge is -2.11. The van der Waals surface area contributed by atoms with E-state index in [1.54, 1.807) is 12.1 Å². The summed E-state index contributed by atoms with van der Waals surface area (Å²) in [7, 11) is 0. The van der Waals surface area contributed by atoms with Crippen LogP contribution in [0.25, 0.3) is 0 Å². The standard InChI is InChI=1S/C11H11ClN2O4/c1-6(9(15)14-11(13)17)18-10(16)7-3-2-4-8(12)5-7/h2-6H,1H3,(H3,13,14,15,17). The highest BCUT2D eigenvalue weighted by Gasteiger charge is 2.19. The van der Waals surface area contributed by atoms with Gasteiger partial charge >= 0.3 is 12.0 Å². The van der Waals surface area contributed by atoms with E-state index < -0.39 is 24.0 Å². The topological polar surface area (TPSA) is 98.5 Å². The number of urea groups is 1. The van der Waals surface area contributed by atoms with E-state index >= 15 is 0 Å². The number of esters is 1. The van der Waals surface area contributed by atoms with E-state index in [0.717, 1.165) is 0 Å². The molecule has 0 bridgehead atoms. The van der Waals surface area contributed by atoms with Crippen LogP contribution in [0.2, 0.25) is 5.02 Å². The van der Waals surface area contributed by atoms with Crippen LogP contribution in [0.1, 0.15) is 17.3 Å². The molecular formula is C11H11ClN2O4. The molecule has 0 aromatic heterocycles. The fraction of sp³-hybridized carbons (Fsp3) is 0.182. The summed E-state index contributed by atoms with van der Waals surface area (Å²) in [5, 5.41) is 2.18. The molecule has 0 aliphatic heterocycles. The van der Waals surface area contributed by atoms with Crippen LogP contribution in [0, 0.1) is 0 Å². The van der Waals surface area contributed by atoms with E-state index in [1.165, 1.54) is 19.1 Å². The summed E-state index contributed by atoms with van der Waals surface area (Å²) < 4.78 is 4.84. The maximum Gasteiger partial charge on any atom is 0.338 e. The van der Waals surface area contributed by atoms with Gasteiger partial charge in [-0.15, -0.1) is 0 Å². The third kappa shape index (κ3) is 4.06. The number of hydrogen-bond donors (Lipinski definition) is 2. The molecule has 1 aromatic carbocycles. The van der Waals surface area contributed by atoms with E-state index in [-0.39, 0.29) is 5.56 Å². The molecule has 0 saturated heterocycles. The Hall–Kier alpha value is -2.08. The first-order valence-electron chi connectivity index (χ1n) is 4.97. The predicted molar refractivity (Wildman–Crippen MR) is 64.1 cm³/mol. The summed E-state index contributed by atoms with van der Waals surface area (Å²) in [6, 6.07) is 5.06. The van der Waals surface area contributed by atoms with Gasteiger partial charge in [0, 0.05) is 5.02 Å². The third-order valence-corrected chi connectivity index (χ3v) is 2.19. The van der Waals surface area contributed by atoms with Crippen molar-refractivity contribution in [2.75, 3.05) is 0 Å². The quantitative estimate of drug-likeness (QED) is 0.803. The van der Waals surface area contributed by atoms with Gasteiger partial charge in [-0.1, -0.05) is 17.7 Å². The summed E-state index contributed by atoms with van der Waals surface area (Å²) in [5.74, 6) is -1.51. The second-order valence-corrected chi connectivity index (χ2v) is 3.85. The zero-order valence-corrected chi connectivity index (χ0v) is 10.2. The van der Waals surface area contributed by atoms with Crippen molar-refractivity contribution >= 4 is 29.5 Å². The zero-order chi connectivity index (χ0) is 13.7. The summed E-state index contributed by atoms with van der Waals surface area (Å²) in [6.07, 6.45) is -1.14. The molecule has 1 atom stereocenters. The number of hydrogen-bond acceptors (Lipinski definition) is 4. The van der Waals surface area contributed by atoms with Crippen LogP contribution < -0.4 is 11.1 Å². The second-order valence-electron chi connectivity index (χ2n) is 3.41. The molecular weight excluding hydrogens is 260 g/mol. The number of nitrogens with two attached hydrogens (primary N) is 1. The summed E-state index contributed by atoms with van der Waals surface area (Å²) in [5.41, 5.74) is 4.97. The average Bonchev–Trinajstić information content (AvgIpc) is 2.27. The monoisotopic (exact) mass is 270 g/mol. The van der Waals surface area contributed by atoms with E-state index in [2.05, 4.69) is 0 Å². The van der Waals surface area contributed by atoms with E-state index in [9.17, 15) is 14.4 Å². The largest absolute Gasteiger partial charge is 0.449 e. The molecule has 0 aliphatic rings. The molecule has 0 spiro atoms. The first kappa shape index (κ1) is 14.0. The molecule has 1 aromatic rings. The SMILES string of the molecule is CC(OC(=O)c1cccc(Cl)c1)C(=O)NC(N)=O. The van der Waals surface area contributed by atoms with Gasteiger partial charge in [-0.05, 0) is 25.1 Å². The lowest BCUT2D eigenvalue weighted by molar-refractivity contribution is -0.127. The minimum atomic E-state index is -1.14. The molecule has 18 heavy (non-hydrogen) atoms. The van der Waals surface area contributed by atoms with Crippen molar-refractivity contribution < 1.29 is 19.1 Å². The molecule has 1 rings (SSSR count). The number of halogens is 1. The molecule has 0 saturated carbocycles. The maximum atomic E-state index is 11.6. The summed E-state index contributed by atoms with van der Waals surface area (Å²) in [4.78, 5) is 33.3. The van der Waals surface area contributed by atoms with Crippen molar-refractivity contribution in [1.29, 1.82) is 0 Å². The minimum Gasteiger partial charge on any atom is -0.449 e. The van der Waals surface area contributed by atoms with Gasteiger partial charge in [0.15, 0.2) is 6.10 Å². The minimum absolute atomic E-state index is 0.209. The molecule has 0 aliphatic carbocycles. The van der Waals surface area contributed by atoms with Crippen molar-refractivity contribution in [2.24, 2.45) is 5.73 Å². The lowest BCUT2D eigenvalue weighted by atomic mass is 10.2. The predicted octanol–water partition coefficient (Wildman–Crippen LogP) is 1.08. The number of carbonyl (C=O) groups is 3. The molecule has 3 amide bonds. The maximum absolute atomic E-state index is 11.6. The Bertz CT molecular complexity index is 490.